The molecule has 1 aromatic carbocycles. The van der Waals surface area contributed by atoms with Crippen molar-refractivity contribution < 1.29 is 13.2 Å². The van der Waals surface area contributed by atoms with Gasteiger partial charge in [-0.3, -0.25) is 4.79 Å². The van der Waals surface area contributed by atoms with Crippen LogP contribution in [0.25, 0.3) is 0 Å². The van der Waals surface area contributed by atoms with Crippen LogP contribution >= 0.6 is 15.9 Å². The van der Waals surface area contributed by atoms with Crippen molar-refractivity contribution >= 4 is 37.5 Å². The van der Waals surface area contributed by atoms with Gasteiger partial charge in [0.15, 0.2) is 0 Å². The highest BCUT2D eigenvalue weighted by Gasteiger charge is 2.20. The lowest BCUT2D eigenvalue weighted by Gasteiger charge is -2.13. The lowest BCUT2D eigenvalue weighted by molar-refractivity contribution is -0.115. The first-order valence-corrected chi connectivity index (χ1v) is 8.35. The van der Waals surface area contributed by atoms with E-state index in [2.05, 4.69) is 26.0 Å². The van der Waals surface area contributed by atoms with Crippen molar-refractivity contribution in [1.29, 1.82) is 0 Å². The van der Waals surface area contributed by atoms with Crippen LogP contribution in [0.15, 0.2) is 29.2 Å². The number of carbonyl (C=O) groups excluding carboxylic acids is 1. The number of hydrogen-bond acceptors (Lipinski definition) is 3. The molecule has 1 atom stereocenters. The largest absolute Gasteiger partial charge is 0.324 e. The van der Waals surface area contributed by atoms with Gasteiger partial charge >= 0.3 is 0 Å². The van der Waals surface area contributed by atoms with Crippen molar-refractivity contribution in [2.45, 2.75) is 30.0 Å². The number of halogens is 1. The van der Waals surface area contributed by atoms with Gasteiger partial charge in [-0.05, 0) is 18.6 Å². The predicted molar refractivity (Wildman–Crippen MR) is 78.9 cm³/mol. The number of amides is 1. The summed E-state index contributed by atoms with van der Waals surface area (Å²) in [6, 6.07) is 6.32. The van der Waals surface area contributed by atoms with E-state index in [1.807, 2.05) is 6.92 Å². The third-order valence-electron chi connectivity index (χ3n) is 2.41. The van der Waals surface area contributed by atoms with Gasteiger partial charge in [0.25, 0.3) is 0 Å². The van der Waals surface area contributed by atoms with Crippen LogP contribution in [-0.2, 0) is 14.8 Å². The predicted octanol–water partition coefficient (Wildman–Crippen LogP) is 2.10. The van der Waals surface area contributed by atoms with E-state index in [0.717, 1.165) is 0 Å². The van der Waals surface area contributed by atoms with E-state index in [4.69, 9.17) is 0 Å². The lowest BCUT2D eigenvalue weighted by atomic mass is 10.3. The molecule has 1 aromatic rings. The van der Waals surface area contributed by atoms with Crippen molar-refractivity contribution in [3.8, 4) is 0 Å². The van der Waals surface area contributed by atoms with Crippen molar-refractivity contribution in [3.05, 3.63) is 24.3 Å². The molecule has 0 bridgehead atoms. The summed E-state index contributed by atoms with van der Waals surface area (Å²) in [4.78, 5) is 11.5. The van der Waals surface area contributed by atoms with E-state index in [1.165, 1.54) is 6.07 Å². The zero-order chi connectivity index (χ0) is 14.5. The van der Waals surface area contributed by atoms with E-state index in [9.17, 15) is 13.2 Å². The molecular formula is C12H17BrN2O3S. The quantitative estimate of drug-likeness (QED) is 0.773. The summed E-state index contributed by atoms with van der Waals surface area (Å²) in [7, 11) is -3.60. The van der Waals surface area contributed by atoms with Crippen molar-refractivity contribution in [3.63, 3.8) is 0 Å². The SMILES string of the molecule is CCNS(=O)(=O)c1ccccc1NC(=O)C(Br)CC. The smallest absolute Gasteiger partial charge is 0.242 e. The molecule has 0 saturated carbocycles. The molecule has 0 aromatic heterocycles. The summed E-state index contributed by atoms with van der Waals surface area (Å²) in [5.74, 6) is -0.262. The normalized spacial score (nSPS) is 13.0. The zero-order valence-electron chi connectivity index (χ0n) is 10.8. The number of alkyl halides is 1. The summed E-state index contributed by atoms with van der Waals surface area (Å²) in [6.07, 6.45) is 0.619. The molecule has 19 heavy (non-hydrogen) atoms. The summed E-state index contributed by atoms with van der Waals surface area (Å²) >= 11 is 3.23. The monoisotopic (exact) mass is 348 g/mol. The molecule has 2 N–H and O–H groups in total. The molecule has 1 amide bonds. The molecule has 0 heterocycles. The van der Waals surface area contributed by atoms with E-state index < -0.39 is 10.0 Å². The molecule has 1 rings (SSSR count). The minimum Gasteiger partial charge on any atom is -0.324 e. The Labute approximate surface area is 122 Å². The van der Waals surface area contributed by atoms with Crippen molar-refractivity contribution in [1.82, 2.24) is 4.72 Å². The molecule has 0 aliphatic carbocycles. The third-order valence-corrected chi connectivity index (χ3v) is 5.08. The standard InChI is InChI=1S/C12H17BrN2O3S/c1-3-9(13)12(16)15-10-7-5-6-8-11(10)19(17,18)14-4-2/h5-9,14H,3-4H2,1-2H3,(H,15,16). The second-order valence-electron chi connectivity index (χ2n) is 3.86. The zero-order valence-corrected chi connectivity index (χ0v) is 13.2. The molecule has 0 spiro atoms. The van der Waals surface area contributed by atoms with Crippen LogP contribution in [0.5, 0.6) is 0 Å². The minimum atomic E-state index is -3.60. The molecule has 106 valence electrons. The number of rotatable bonds is 6. The van der Waals surface area contributed by atoms with Crippen LogP contribution in [-0.4, -0.2) is 25.7 Å². The molecule has 5 nitrogen and oxygen atoms in total. The van der Waals surface area contributed by atoms with Gasteiger partial charge in [-0.25, -0.2) is 13.1 Å². The van der Waals surface area contributed by atoms with Crippen molar-refractivity contribution in [2.75, 3.05) is 11.9 Å². The van der Waals surface area contributed by atoms with E-state index >= 15 is 0 Å². The summed E-state index contributed by atoms with van der Waals surface area (Å²) in [5.41, 5.74) is 0.284. The minimum absolute atomic E-state index is 0.0704. The molecule has 0 aliphatic rings. The van der Waals surface area contributed by atoms with Gasteiger partial charge in [0.05, 0.1) is 10.5 Å². The Kier molecular flexibility index (Phi) is 5.96. The maximum Gasteiger partial charge on any atom is 0.242 e. The highest BCUT2D eigenvalue weighted by atomic mass is 79.9. The number of benzene rings is 1. The van der Waals surface area contributed by atoms with E-state index in [1.54, 1.807) is 25.1 Å². The fraction of sp³-hybridized carbons (Fsp3) is 0.417. The highest BCUT2D eigenvalue weighted by molar-refractivity contribution is 9.10. The van der Waals surface area contributed by atoms with E-state index in [-0.39, 0.29) is 21.3 Å². The number of sulfonamides is 1. The molecule has 0 saturated heterocycles. The Hall–Kier alpha value is -0.920. The van der Waals surface area contributed by atoms with Gasteiger partial charge in [-0.1, -0.05) is 41.9 Å². The van der Waals surface area contributed by atoms with Crippen LogP contribution in [0, 0.1) is 0 Å². The lowest BCUT2D eigenvalue weighted by Crippen LogP contribution is -2.27. The average Bonchev–Trinajstić information content (AvgIpc) is 2.38. The highest BCUT2D eigenvalue weighted by Crippen LogP contribution is 2.21. The van der Waals surface area contributed by atoms with Gasteiger partial charge < -0.3 is 5.32 Å². The van der Waals surface area contributed by atoms with Crippen LogP contribution < -0.4 is 10.0 Å². The fourth-order valence-corrected chi connectivity index (χ4v) is 2.78. The topological polar surface area (TPSA) is 75.3 Å². The molecule has 0 aliphatic heterocycles. The number of para-hydroxylation sites is 1. The number of carbonyl (C=O) groups is 1. The first-order chi connectivity index (χ1) is 8.92. The molecule has 0 fully saturated rings. The van der Waals surface area contributed by atoms with Crippen LogP contribution in [0.2, 0.25) is 0 Å². The average molecular weight is 349 g/mol. The van der Waals surface area contributed by atoms with Gasteiger partial charge in [-0.2, -0.15) is 0 Å². The number of anilines is 1. The van der Waals surface area contributed by atoms with Gasteiger partial charge in [-0.15, -0.1) is 0 Å². The maximum absolute atomic E-state index is 12.0. The Morgan fingerprint density at radius 2 is 1.95 bits per heavy atom. The Morgan fingerprint density at radius 3 is 2.53 bits per heavy atom. The Morgan fingerprint density at radius 1 is 1.32 bits per heavy atom. The van der Waals surface area contributed by atoms with E-state index in [0.29, 0.717) is 13.0 Å². The molecule has 7 heteroatoms. The first kappa shape index (κ1) is 16.1. The van der Waals surface area contributed by atoms with Crippen LogP contribution in [0.1, 0.15) is 20.3 Å². The number of nitrogens with one attached hydrogen (secondary N) is 2. The Bertz CT molecular complexity index is 546. The molecule has 1 unspecified atom stereocenters. The maximum atomic E-state index is 12.0. The summed E-state index contributed by atoms with van der Waals surface area (Å²) in [5, 5.41) is 2.62. The molecule has 0 radical (unpaired) electrons. The number of hydrogen-bond donors (Lipinski definition) is 2. The first-order valence-electron chi connectivity index (χ1n) is 5.96. The second kappa shape index (κ2) is 7.02. The van der Waals surface area contributed by atoms with Gasteiger partial charge in [0, 0.05) is 6.54 Å². The van der Waals surface area contributed by atoms with Crippen molar-refractivity contribution in [2.24, 2.45) is 0 Å². The second-order valence-corrected chi connectivity index (χ2v) is 6.70. The third kappa shape index (κ3) is 4.29. The summed E-state index contributed by atoms with van der Waals surface area (Å²) in [6.45, 7) is 3.85. The van der Waals surface area contributed by atoms with Gasteiger partial charge in [0.2, 0.25) is 15.9 Å². The Balaban J connectivity index is 3.07. The summed E-state index contributed by atoms with van der Waals surface area (Å²) < 4.78 is 26.4. The molecular weight excluding hydrogens is 332 g/mol. The van der Waals surface area contributed by atoms with Gasteiger partial charge in [0.1, 0.15) is 4.90 Å². The fourth-order valence-electron chi connectivity index (χ4n) is 1.47. The van der Waals surface area contributed by atoms with Crippen LogP contribution in [0.4, 0.5) is 5.69 Å². The van der Waals surface area contributed by atoms with Crippen LogP contribution in [0.3, 0.4) is 0 Å².